The summed E-state index contributed by atoms with van der Waals surface area (Å²) in [5.74, 6) is 3.65. The zero-order chi connectivity index (χ0) is 12.5. The number of nitrogens with zero attached hydrogens (tertiary/aromatic N) is 1. The van der Waals surface area contributed by atoms with Crippen LogP contribution in [0.4, 0.5) is 0 Å². The van der Waals surface area contributed by atoms with E-state index in [4.69, 9.17) is 4.42 Å². The third-order valence-electron chi connectivity index (χ3n) is 3.40. The van der Waals surface area contributed by atoms with Gasteiger partial charge in [-0.15, -0.1) is 11.3 Å². The molecule has 2 aromatic heterocycles. The van der Waals surface area contributed by atoms with Crippen LogP contribution in [0.2, 0.25) is 0 Å². The van der Waals surface area contributed by atoms with Crippen molar-refractivity contribution in [2.75, 3.05) is 0 Å². The van der Waals surface area contributed by atoms with Gasteiger partial charge in [0.1, 0.15) is 16.5 Å². The number of aromatic nitrogens is 1. The summed E-state index contributed by atoms with van der Waals surface area (Å²) in [6, 6.07) is 4.21. The number of thiazole rings is 1. The van der Waals surface area contributed by atoms with E-state index in [0.29, 0.717) is 5.92 Å². The first kappa shape index (κ1) is 11.9. The van der Waals surface area contributed by atoms with E-state index in [2.05, 4.69) is 36.3 Å². The molecule has 0 radical (unpaired) electrons. The number of furan rings is 1. The second kappa shape index (κ2) is 4.86. The largest absolute Gasteiger partial charge is 0.464 e. The molecule has 1 aliphatic rings. The van der Waals surface area contributed by atoms with Crippen molar-refractivity contribution in [1.29, 1.82) is 0 Å². The van der Waals surface area contributed by atoms with Gasteiger partial charge in [-0.2, -0.15) is 0 Å². The van der Waals surface area contributed by atoms with Gasteiger partial charge in [-0.25, -0.2) is 4.98 Å². The Labute approximate surface area is 111 Å². The van der Waals surface area contributed by atoms with Crippen molar-refractivity contribution in [1.82, 2.24) is 10.3 Å². The second-order valence-electron chi connectivity index (χ2n) is 5.09. The number of nitrogens with one attached hydrogen (secondary N) is 1. The van der Waals surface area contributed by atoms with E-state index in [0.717, 1.165) is 35.5 Å². The molecule has 1 fully saturated rings. The van der Waals surface area contributed by atoms with Crippen LogP contribution in [0.5, 0.6) is 0 Å². The molecule has 3 nitrogen and oxygen atoms in total. The molecule has 2 heterocycles. The Kier molecular flexibility index (Phi) is 3.22. The number of aryl methyl sites for hydroxylation is 1. The molecule has 18 heavy (non-hydrogen) atoms. The maximum atomic E-state index is 5.84. The lowest BCUT2D eigenvalue weighted by Crippen LogP contribution is -2.11. The van der Waals surface area contributed by atoms with Gasteiger partial charge in [-0.1, -0.05) is 6.92 Å². The van der Waals surface area contributed by atoms with Crippen LogP contribution >= 0.6 is 11.3 Å². The molecule has 0 aromatic carbocycles. The molecular weight excluding hydrogens is 244 g/mol. The van der Waals surface area contributed by atoms with Crippen LogP contribution in [0.1, 0.15) is 40.7 Å². The summed E-state index contributed by atoms with van der Waals surface area (Å²) in [4.78, 5) is 5.58. The van der Waals surface area contributed by atoms with Crippen molar-refractivity contribution in [2.24, 2.45) is 5.92 Å². The molecule has 3 rings (SSSR count). The molecule has 0 bridgehead atoms. The van der Waals surface area contributed by atoms with Gasteiger partial charge >= 0.3 is 0 Å². The molecule has 96 valence electrons. The van der Waals surface area contributed by atoms with Crippen LogP contribution in [0.3, 0.4) is 0 Å². The second-order valence-corrected chi connectivity index (χ2v) is 6.41. The molecular formula is C14H18N2OS. The lowest BCUT2D eigenvalue weighted by Gasteiger charge is -1.99. The molecule has 0 aliphatic heterocycles. The Balaban J connectivity index is 1.49. The van der Waals surface area contributed by atoms with E-state index in [-0.39, 0.29) is 0 Å². The average Bonchev–Trinajstić information content (AvgIpc) is 2.79. The number of rotatable bonds is 5. The van der Waals surface area contributed by atoms with Gasteiger partial charge in [-0.05, 0) is 31.4 Å². The molecule has 2 atom stereocenters. The first-order chi connectivity index (χ1) is 8.72. The highest BCUT2D eigenvalue weighted by molar-refractivity contribution is 7.11. The van der Waals surface area contributed by atoms with Crippen LogP contribution in [-0.2, 0) is 13.1 Å². The van der Waals surface area contributed by atoms with Gasteiger partial charge in [0.2, 0.25) is 0 Å². The fourth-order valence-corrected chi connectivity index (χ4v) is 2.94. The zero-order valence-electron chi connectivity index (χ0n) is 10.8. The molecule has 1 aliphatic carbocycles. The normalized spacial score (nSPS) is 22.3. The summed E-state index contributed by atoms with van der Waals surface area (Å²) >= 11 is 1.74. The Bertz CT molecular complexity index is 531. The molecule has 4 heteroatoms. The Morgan fingerprint density at radius 3 is 2.94 bits per heavy atom. The van der Waals surface area contributed by atoms with E-state index in [1.54, 1.807) is 11.3 Å². The monoisotopic (exact) mass is 262 g/mol. The highest BCUT2D eigenvalue weighted by atomic mass is 32.1. The summed E-state index contributed by atoms with van der Waals surface area (Å²) in [6.45, 7) is 5.95. The van der Waals surface area contributed by atoms with Crippen LogP contribution < -0.4 is 5.32 Å². The molecule has 0 spiro atoms. The third-order valence-corrected chi connectivity index (χ3v) is 4.31. The van der Waals surface area contributed by atoms with Crippen LogP contribution in [0, 0.1) is 12.8 Å². The molecule has 0 amide bonds. The Hall–Kier alpha value is -1.13. The van der Waals surface area contributed by atoms with Crippen LogP contribution in [-0.4, -0.2) is 4.98 Å². The van der Waals surface area contributed by atoms with Crippen molar-refractivity contribution in [2.45, 2.75) is 39.3 Å². The summed E-state index contributed by atoms with van der Waals surface area (Å²) in [5.41, 5.74) is 0. The Morgan fingerprint density at radius 2 is 2.28 bits per heavy atom. The average molecular weight is 262 g/mol. The smallest absolute Gasteiger partial charge is 0.117 e. The summed E-state index contributed by atoms with van der Waals surface area (Å²) in [6.07, 6.45) is 3.19. The standard InChI is InChI=1S/C14H18N2OS/c1-9-5-12(9)13-4-3-11(17-13)7-15-8-14-16-6-10(2)18-14/h3-4,6,9,12,15H,5,7-8H2,1-2H3. The SMILES string of the molecule is Cc1cnc(CNCc2ccc(C3CC3C)o2)s1. The van der Waals surface area contributed by atoms with E-state index >= 15 is 0 Å². The summed E-state index contributed by atoms with van der Waals surface area (Å²) in [5, 5.41) is 4.50. The van der Waals surface area contributed by atoms with Crippen molar-refractivity contribution in [3.8, 4) is 0 Å². The minimum Gasteiger partial charge on any atom is -0.464 e. The number of hydrogen-bond acceptors (Lipinski definition) is 4. The minimum atomic E-state index is 0.667. The van der Waals surface area contributed by atoms with E-state index < -0.39 is 0 Å². The number of hydrogen-bond donors (Lipinski definition) is 1. The predicted molar refractivity (Wildman–Crippen MR) is 72.6 cm³/mol. The summed E-state index contributed by atoms with van der Waals surface area (Å²) < 4.78 is 5.84. The van der Waals surface area contributed by atoms with Crippen molar-refractivity contribution >= 4 is 11.3 Å². The zero-order valence-corrected chi connectivity index (χ0v) is 11.6. The molecule has 1 saturated carbocycles. The van der Waals surface area contributed by atoms with Gasteiger partial charge in [0.15, 0.2) is 0 Å². The van der Waals surface area contributed by atoms with Crippen molar-refractivity contribution < 1.29 is 4.42 Å². The maximum absolute atomic E-state index is 5.84. The quantitative estimate of drug-likeness (QED) is 0.896. The van der Waals surface area contributed by atoms with E-state index in [1.165, 1.54) is 11.3 Å². The fourth-order valence-electron chi connectivity index (χ4n) is 2.18. The molecule has 0 saturated heterocycles. The van der Waals surface area contributed by atoms with Gasteiger partial charge in [0, 0.05) is 23.5 Å². The lowest BCUT2D eigenvalue weighted by atomic mass is 10.3. The van der Waals surface area contributed by atoms with Crippen LogP contribution in [0.15, 0.2) is 22.7 Å². The van der Waals surface area contributed by atoms with E-state index in [9.17, 15) is 0 Å². The Morgan fingerprint density at radius 1 is 1.44 bits per heavy atom. The highest BCUT2D eigenvalue weighted by Gasteiger charge is 2.36. The third kappa shape index (κ3) is 2.65. The topological polar surface area (TPSA) is 38.1 Å². The highest BCUT2D eigenvalue weighted by Crippen LogP contribution is 2.47. The van der Waals surface area contributed by atoms with Gasteiger partial charge < -0.3 is 9.73 Å². The molecule has 2 aromatic rings. The van der Waals surface area contributed by atoms with Crippen LogP contribution in [0.25, 0.3) is 0 Å². The maximum Gasteiger partial charge on any atom is 0.117 e. The fraction of sp³-hybridized carbons (Fsp3) is 0.500. The van der Waals surface area contributed by atoms with Crippen molar-refractivity contribution in [3.63, 3.8) is 0 Å². The van der Waals surface area contributed by atoms with Crippen molar-refractivity contribution in [3.05, 3.63) is 39.7 Å². The first-order valence-corrected chi connectivity index (χ1v) is 7.24. The first-order valence-electron chi connectivity index (χ1n) is 6.43. The molecule has 1 N–H and O–H groups in total. The molecule has 2 unspecified atom stereocenters. The van der Waals surface area contributed by atoms with Gasteiger partial charge in [-0.3, -0.25) is 0 Å². The summed E-state index contributed by atoms with van der Waals surface area (Å²) in [7, 11) is 0. The lowest BCUT2D eigenvalue weighted by molar-refractivity contribution is 0.444. The van der Waals surface area contributed by atoms with Gasteiger partial charge in [0.05, 0.1) is 6.54 Å². The minimum absolute atomic E-state index is 0.667. The van der Waals surface area contributed by atoms with Gasteiger partial charge in [0.25, 0.3) is 0 Å². The van der Waals surface area contributed by atoms with E-state index in [1.807, 2.05) is 6.20 Å². The predicted octanol–water partition coefficient (Wildman–Crippen LogP) is 3.46.